The number of fused-ring (bicyclic) bond motifs is 1. The van der Waals surface area contributed by atoms with E-state index < -0.39 is 0 Å². The van der Waals surface area contributed by atoms with Crippen LogP contribution in [-0.4, -0.2) is 51.2 Å². The third kappa shape index (κ3) is 4.81. The summed E-state index contributed by atoms with van der Waals surface area (Å²) in [6.07, 6.45) is 8.72. The number of nitrogens with zero attached hydrogens (tertiary/aromatic N) is 4. The van der Waals surface area contributed by atoms with Gasteiger partial charge in [0.15, 0.2) is 0 Å². The summed E-state index contributed by atoms with van der Waals surface area (Å²) in [6, 6.07) is 19.4. The maximum absolute atomic E-state index is 13.1. The normalized spacial score (nSPS) is 21.5. The fraction of sp³-hybridized carbons (Fsp3) is 0.407. The van der Waals surface area contributed by atoms with Gasteiger partial charge in [0.2, 0.25) is 5.91 Å². The number of rotatable bonds is 6. The second-order valence-electron chi connectivity index (χ2n) is 9.13. The molecule has 172 valence electrons. The van der Waals surface area contributed by atoms with E-state index in [0.717, 1.165) is 55.8 Å². The lowest BCUT2D eigenvalue weighted by Crippen LogP contribution is -2.48. The Morgan fingerprint density at radius 2 is 1.70 bits per heavy atom. The lowest BCUT2D eigenvalue weighted by Gasteiger charge is -2.37. The molecular formula is C27H32N4O2. The quantitative estimate of drug-likeness (QED) is 0.565. The second kappa shape index (κ2) is 9.79. The van der Waals surface area contributed by atoms with E-state index in [1.165, 1.54) is 5.56 Å². The summed E-state index contributed by atoms with van der Waals surface area (Å²) in [7, 11) is 1.68. The highest BCUT2D eigenvalue weighted by Crippen LogP contribution is 2.32. The predicted octanol–water partition coefficient (Wildman–Crippen LogP) is 4.43. The number of methoxy groups -OCH3 is 1. The zero-order valence-electron chi connectivity index (χ0n) is 19.3. The molecule has 2 aromatic carbocycles. The van der Waals surface area contributed by atoms with Gasteiger partial charge in [0, 0.05) is 50.5 Å². The first kappa shape index (κ1) is 21.7. The van der Waals surface area contributed by atoms with Crippen LogP contribution in [-0.2, 0) is 17.9 Å². The first-order chi connectivity index (χ1) is 16.2. The Morgan fingerprint density at radius 3 is 2.42 bits per heavy atom. The molecule has 6 nitrogen and oxygen atoms in total. The van der Waals surface area contributed by atoms with Gasteiger partial charge < -0.3 is 9.64 Å². The molecule has 0 radical (unpaired) electrons. The van der Waals surface area contributed by atoms with Crippen LogP contribution in [0.25, 0.3) is 5.69 Å². The minimum absolute atomic E-state index is 0.281. The van der Waals surface area contributed by atoms with Crippen molar-refractivity contribution in [1.82, 2.24) is 19.6 Å². The molecule has 2 aliphatic heterocycles. The summed E-state index contributed by atoms with van der Waals surface area (Å²) < 4.78 is 7.18. The molecule has 0 saturated carbocycles. The van der Waals surface area contributed by atoms with Crippen molar-refractivity contribution in [2.45, 2.75) is 57.3 Å². The van der Waals surface area contributed by atoms with Gasteiger partial charge in [0.25, 0.3) is 0 Å². The van der Waals surface area contributed by atoms with Crippen LogP contribution >= 0.6 is 0 Å². The monoisotopic (exact) mass is 444 g/mol. The maximum Gasteiger partial charge on any atom is 0.223 e. The molecule has 0 unspecified atom stereocenters. The zero-order chi connectivity index (χ0) is 22.6. The van der Waals surface area contributed by atoms with E-state index in [1.54, 1.807) is 13.3 Å². The summed E-state index contributed by atoms with van der Waals surface area (Å²) in [4.78, 5) is 17.9. The average Bonchev–Trinajstić information content (AvgIpc) is 3.51. The van der Waals surface area contributed by atoms with E-state index in [4.69, 9.17) is 4.74 Å². The molecule has 1 amide bonds. The molecule has 33 heavy (non-hydrogen) atoms. The number of aromatic nitrogens is 2. The number of benzene rings is 2. The van der Waals surface area contributed by atoms with Crippen LogP contribution in [0.2, 0.25) is 0 Å². The van der Waals surface area contributed by atoms with Crippen molar-refractivity contribution >= 4 is 5.91 Å². The van der Waals surface area contributed by atoms with E-state index in [1.807, 2.05) is 29.1 Å². The number of hydrogen-bond acceptors (Lipinski definition) is 4. The third-order valence-electron chi connectivity index (χ3n) is 7.09. The van der Waals surface area contributed by atoms with Crippen LogP contribution in [0.4, 0.5) is 0 Å². The summed E-state index contributed by atoms with van der Waals surface area (Å²) in [5, 5.41) is 4.31. The Labute approximate surface area is 195 Å². The summed E-state index contributed by atoms with van der Waals surface area (Å²) >= 11 is 0. The highest BCUT2D eigenvalue weighted by molar-refractivity contribution is 5.76. The number of ether oxygens (including phenoxy) is 1. The van der Waals surface area contributed by atoms with Gasteiger partial charge in [-0.05, 0) is 60.7 Å². The Bertz CT molecular complexity index is 1050. The second-order valence-corrected chi connectivity index (χ2v) is 9.13. The number of hydrogen-bond donors (Lipinski definition) is 0. The molecule has 3 heterocycles. The van der Waals surface area contributed by atoms with Crippen molar-refractivity contribution in [3.05, 3.63) is 78.1 Å². The van der Waals surface area contributed by atoms with Gasteiger partial charge in [0.05, 0.1) is 12.8 Å². The first-order valence-electron chi connectivity index (χ1n) is 12.0. The molecule has 0 bridgehead atoms. The lowest BCUT2D eigenvalue weighted by atomic mass is 9.96. The van der Waals surface area contributed by atoms with Crippen LogP contribution in [0.5, 0.6) is 5.75 Å². The largest absolute Gasteiger partial charge is 0.497 e. The van der Waals surface area contributed by atoms with E-state index in [9.17, 15) is 4.79 Å². The molecule has 6 heteroatoms. The number of amides is 1. The van der Waals surface area contributed by atoms with Gasteiger partial charge in [-0.1, -0.05) is 30.7 Å². The number of carbonyl (C=O) groups is 1. The lowest BCUT2D eigenvalue weighted by molar-refractivity contribution is -0.135. The molecule has 1 aromatic heterocycles. The van der Waals surface area contributed by atoms with Crippen molar-refractivity contribution in [2.24, 2.45) is 0 Å². The van der Waals surface area contributed by atoms with Crippen LogP contribution in [0, 0.1) is 0 Å². The Hall–Kier alpha value is -3.12. The van der Waals surface area contributed by atoms with Crippen molar-refractivity contribution in [3.63, 3.8) is 0 Å². The number of carbonyl (C=O) groups excluding carboxylic acids is 1. The average molecular weight is 445 g/mol. The first-order valence-corrected chi connectivity index (χ1v) is 12.0. The van der Waals surface area contributed by atoms with Crippen molar-refractivity contribution in [3.8, 4) is 11.4 Å². The van der Waals surface area contributed by atoms with Gasteiger partial charge in [0.1, 0.15) is 5.75 Å². The van der Waals surface area contributed by atoms with E-state index >= 15 is 0 Å². The van der Waals surface area contributed by atoms with Gasteiger partial charge in [-0.25, -0.2) is 4.68 Å². The summed E-state index contributed by atoms with van der Waals surface area (Å²) in [5.41, 5.74) is 3.54. The van der Waals surface area contributed by atoms with Crippen LogP contribution in [0.1, 0.15) is 43.2 Å². The molecule has 2 aliphatic rings. The van der Waals surface area contributed by atoms with Gasteiger partial charge in [-0.15, -0.1) is 0 Å². The minimum Gasteiger partial charge on any atom is -0.497 e. The molecule has 0 N–H and O–H groups in total. The van der Waals surface area contributed by atoms with E-state index in [2.05, 4.69) is 51.3 Å². The fourth-order valence-electron chi connectivity index (χ4n) is 5.34. The summed E-state index contributed by atoms with van der Waals surface area (Å²) in [5.74, 6) is 1.15. The molecule has 0 aliphatic carbocycles. The van der Waals surface area contributed by atoms with Crippen LogP contribution in [0.3, 0.4) is 0 Å². The zero-order valence-corrected chi connectivity index (χ0v) is 19.3. The third-order valence-corrected chi connectivity index (χ3v) is 7.09. The van der Waals surface area contributed by atoms with Gasteiger partial charge >= 0.3 is 0 Å². The Kier molecular flexibility index (Phi) is 6.44. The molecule has 3 aromatic rings. The SMILES string of the molecule is COc1ccc(CN2C(=O)CCCC[C@@H]3[C@@H]2CCN3Cc2ccc(-n3cccn3)cc2)cc1. The van der Waals surface area contributed by atoms with E-state index in [0.29, 0.717) is 24.9 Å². The summed E-state index contributed by atoms with van der Waals surface area (Å²) in [6.45, 7) is 2.63. The van der Waals surface area contributed by atoms with Crippen molar-refractivity contribution < 1.29 is 9.53 Å². The highest BCUT2D eigenvalue weighted by Gasteiger charge is 2.40. The molecule has 0 spiro atoms. The highest BCUT2D eigenvalue weighted by atomic mass is 16.5. The predicted molar refractivity (Wildman–Crippen MR) is 128 cm³/mol. The maximum atomic E-state index is 13.1. The van der Waals surface area contributed by atoms with Crippen LogP contribution in [0.15, 0.2) is 67.0 Å². The molecular weight excluding hydrogens is 412 g/mol. The van der Waals surface area contributed by atoms with Gasteiger partial charge in [-0.2, -0.15) is 5.10 Å². The topological polar surface area (TPSA) is 50.6 Å². The standard InChI is InChI=1S/C27H32N4O2/c1-33-24-13-9-22(10-14-24)20-30-26-15-18-29(25(26)5-2-3-6-27(30)32)19-21-7-11-23(12-8-21)31-17-4-16-28-31/h4,7-14,16-17,25-26H,2-3,5-6,15,18-20H2,1H3/t25-,26+/m1/s1. The molecule has 2 saturated heterocycles. The van der Waals surface area contributed by atoms with E-state index in [-0.39, 0.29) is 6.04 Å². The minimum atomic E-state index is 0.281. The van der Waals surface area contributed by atoms with Crippen molar-refractivity contribution in [1.29, 1.82) is 0 Å². The smallest absolute Gasteiger partial charge is 0.223 e. The number of likely N-dealkylation sites (tertiary alicyclic amines) is 2. The molecule has 5 rings (SSSR count). The molecule has 2 atom stereocenters. The van der Waals surface area contributed by atoms with Gasteiger partial charge in [-0.3, -0.25) is 9.69 Å². The van der Waals surface area contributed by atoms with Crippen LogP contribution < -0.4 is 4.74 Å². The Morgan fingerprint density at radius 1 is 0.939 bits per heavy atom. The fourth-order valence-corrected chi connectivity index (χ4v) is 5.34. The Balaban J connectivity index is 1.30. The molecule has 2 fully saturated rings. The van der Waals surface area contributed by atoms with Crippen molar-refractivity contribution in [2.75, 3.05) is 13.7 Å².